The SMILES string of the molecule is Cc1cnc(C(=O)N2CCN(C(=O)N(C)C)CC2)o1. The smallest absolute Gasteiger partial charge is 0.319 e. The van der Waals surface area contributed by atoms with Gasteiger partial charge in [0.25, 0.3) is 5.89 Å². The van der Waals surface area contributed by atoms with Gasteiger partial charge in [-0.05, 0) is 6.92 Å². The highest BCUT2D eigenvalue weighted by atomic mass is 16.4. The molecule has 3 amide bonds. The summed E-state index contributed by atoms with van der Waals surface area (Å²) in [5.41, 5.74) is 0. The average Bonchev–Trinajstić information content (AvgIpc) is 2.84. The third kappa shape index (κ3) is 2.86. The molecule has 19 heavy (non-hydrogen) atoms. The fourth-order valence-electron chi connectivity index (χ4n) is 1.97. The number of hydrogen-bond donors (Lipinski definition) is 0. The summed E-state index contributed by atoms with van der Waals surface area (Å²) < 4.78 is 5.22. The number of carbonyl (C=O) groups is 2. The van der Waals surface area contributed by atoms with Crippen LogP contribution in [0.4, 0.5) is 4.79 Å². The maximum atomic E-state index is 12.1. The van der Waals surface area contributed by atoms with Gasteiger partial charge in [-0.15, -0.1) is 0 Å². The van der Waals surface area contributed by atoms with Crippen LogP contribution in [0.25, 0.3) is 0 Å². The third-order valence-corrected chi connectivity index (χ3v) is 3.02. The largest absolute Gasteiger partial charge is 0.438 e. The van der Waals surface area contributed by atoms with Gasteiger partial charge < -0.3 is 19.1 Å². The first-order valence-electron chi connectivity index (χ1n) is 6.17. The Balaban J connectivity index is 1.93. The minimum Gasteiger partial charge on any atom is -0.438 e. The van der Waals surface area contributed by atoms with Crippen LogP contribution in [0.5, 0.6) is 0 Å². The first kappa shape index (κ1) is 13.4. The Labute approximate surface area is 111 Å². The number of hydrogen-bond acceptors (Lipinski definition) is 4. The zero-order chi connectivity index (χ0) is 14.0. The number of nitrogens with zero attached hydrogens (tertiary/aromatic N) is 4. The summed E-state index contributed by atoms with van der Waals surface area (Å²) in [6.07, 6.45) is 1.53. The van der Waals surface area contributed by atoms with Crippen molar-refractivity contribution in [2.24, 2.45) is 0 Å². The molecular weight excluding hydrogens is 248 g/mol. The zero-order valence-electron chi connectivity index (χ0n) is 11.4. The molecular formula is C12H18N4O3. The number of oxazole rings is 1. The summed E-state index contributed by atoms with van der Waals surface area (Å²) in [6.45, 7) is 3.81. The fraction of sp³-hybridized carbons (Fsp3) is 0.583. The van der Waals surface area contributed by atoms with Crippen molar-refractivity contribution in [1.29, 1.82) is 0 Å². The number of aryl methyl sites for hydroxylation is 1. The molecule has 0 unspecified atom stereocenters. The Morgan fingerprint density at radius 1 is 1.21 bits per heavy atom. The van der Waals surface area contributed by atoms with Crippen LogP contribution < -0.4 is 0 Å². The maximum Gasteiger partial charge on any atom is 0.319 e. The molecule has 1 saturated heterocycles. The molecule has 7 nitrogen and oxygen atoms in total. The van der Waals surface area contributed by atoms with Crippen molar-refractivity contribution in [3.63, 3.8) is 0 Å². The van der Waals surface area contributed by atoms with Gasteiger partial charge in [-0.25, -0.2) is 9.78 Å². The minimum absolute atomic E-state index is 0.0286. The van der Waals surface area contributed by atoms with E-state index in [2.05, 4.69) is 4.98 Å². The molecule has 1 aliphatic heterocycles. The van der Waals surface area contributed by atoms with E-state index >= 15 is 0 Å². The molecule has 0 aliphatic carbocycles. The number of aromatic nitrogens is 1. The second kappa shape index (κ2) is 5.29. The fourth-order valence-corrected chi connectivity index (χ4v) is 1.97. The Bertz CT molecular complexity index is 475. The molecule has 1 aromatic heterocycles. The van der Waals surface area contributed by atoms with Gasteiger partial charge in [0.1, 0.15) is 5.76 Å². The van der Waals surface area contributed by atoms with Crippen LogP contribution in [0.3, 0.4) is 0 Å². The Morgan fingerprint density at radius 2 is 1.79 bits per heavy atom. The van der Waals surface area contributed by atoms with Crippen LogP contribution in [0.15, 0.2) is 10.6 Å². The van der Waals surface area contributed by atoms with Crippen LogP contribution in [-0.4, -0.2) is 71.9 Å². The summed E-state index contributed by atoms with van der Waals surface area (Å²) in [4.78, 5) is 32.7. The number of carbonyl (C=O) groups excluding carboxylic acids is 2. The Morgan fingerprint density at radius 3 is 2.26 bits per heavy atom. The van der Waals surface area contributed by atoms with Gasteiger partial charge >= 0.3 is 11.9 Å². The normalized spacial score (nSPS) is 15.5. The molecule has 0 spiro atoms. The Hall–Kier alpha value is -2.05. The van der Waals surface area contributed by atoms with Gasteiger partial charge in [-0.2, -0.15) is 0 Å². The predicted molar refractivity (Wildman–Crippen MR) is 67.8 cm³/mol. The van der Waals surface area contributed by atoms with E-state index in [1.807, 2.05) is 0 Å². The predicted octanol–water partition coefficient (Wildman–Crippen LogP) is 0.422. The molecule has 0 radical (unpaired) electrons. The topological polar surface area (TPSA) is 69.9 Å². The molecule has 0 bridgehead atoms. The molecule has 7 heteroatoms. The summed E-state index contributed by atoms with van der Waals surface area (Å²) >= 11 is 0. The monoisotopic (exact) mass is 266 g/mol. The van der Waals surface area contributed by atoms with Crippen LogP contribution in [-0.2, 0) is 0 Å². The molecule has 1 fully saturated rings. The van der Waals surface area contributed by atoms with Crippen molar-refractivity contribution in [2.75, 3.05) is 40.3 Å². The second-order valence-electron chi connectivity index (χ2n) is 4.73. The Kier molecular flexibility index (Phi) is 3.73. The zero-order valence-corrected chi connectivity index (χ0v) is 11.4. The molecule has 2 rings (SSSR count). The highest BCUT2D eigenvalue weighted by molar-refractivity contribution is 5.89. The van der Waals surface area contributed by atoms with Crippen molar-refractivity contribution >= 4 is 11.9 Å². The van der Waals surface area contributed by atoms with Crippen LogP contribution >= 0.6 is 0 Å². The summed E-state index contributed by atoms with van der Waals surface area (Å²) in [5, 5.41) is 0. The van der Waals surface area contributed by atoms with Crippen LogP contribution in [0.2, 0.25) is 0 Å². The molecule has 104 valence electrons. The van der Waals surface area contributed by atoms with Gasteiger partial charge in [0.05, 0.1) is 6.20 Å². The number of rotatable bonds is 1. The van der Waals surface area contributed by atoms with Crippen molar-refractivity contribution < 1.29 is 14.0 Å². The van der Waals surface area contributed by atoms with E-state index in [-0.39, 0.29) is 17.8 Å². The highest BCUT2D eigenvalue weighted by Crippen LogP contribution is 2.10. The quantitative estimate of drug-likeness (QED) is 0.738. The van der Waals surface area contributed by atoms with E-state index in [0.717, 1.165) is 0 Å². The molecule has 0 atom stereocenters. The molecule has 0 aromatic carbocycles. The minimum atomic E-state index is -0.218. The van der Waals surface area contributed by atoms with Crippen molar-refractivity contribution in [3.8, 4) is 0 Å². The summed E-state index contributed by atoms with van der Waals surface area (Å²) in [6, 6.07) is -0.0286. The average molecular weight is 266 g/mol. The second-order valence-corrected chi connectivity index (χ2v) is 4.73. The van der Waals surface area contributed by atoms with E-state index in [4.69, 9.17) is 4.42 Å². The third-order valence-electron chi connectivity index (χ3n) is 3.02. The van der Waals surface area contributed by atoms with E-state index in [0.29, 0.717) is 31.9 Å². The first-order chi connectivity index (χ1) is 8.99. The van der Waals surface area contributed by atoms with Gasteiger partial charge in [0, 0.05) is 40.3 Å². The van der Waals surface area contributed by atoms with Gasteiger partial charge in [-0.1, -0.05) is 0 Å². The molecule has 1 aromatic rings. The highest BCUT2D eigenvalue weighted by Gasteiger charge is 2.27. The number of piperazine rings is 1. The van der Waals surface area contributed by atoms with E-state index in [1.54, 1.807) is 30.8 Å². The lowest BCUT2D eigenvalue weighted by molar-refractivity contribution is 0.0611. The van der Waals surface area contributed by atoms with Crippen LogP contribution in [0.1, 0.15) is 16.4 Å². The molecule has 0 N–H and O–H groups in total. The lowest BCUT2D eigenvalue weighted by atomic mass is 10.3. The standard InChI is InChI=1S/C12H18N4O3/c1-9-8-13-10(19-9)11(17)15-4-6-16(7-5-15)12(18)14(2)3/h8H,4-7H2,1-3H3. The van der Waals surface area contributed by atoms with Crippen molar-refractivity contribution in [1.82, 2.24) is 19.7 Å². The lowest BCUT2D eigenvalue weighted by Crippen LogP contribution is -2.52. The van der Waals surface area contributed by atoms with Gasteiger partial charge in [0.15, 0.2) is 0 Å². The first-order valence-corrected chi connectivity index (χ1v) is 6.17. The summed E-state index contributed by atoms with van der Waals surface area (Å²) in [5.74, 6) is 0.514. The molecule has 1 aliphatic rings. The van der Waals surface area contributed by atoms with Crippen molar-refractivity contribution in [3.05, 3.63) is 17.8 Å². The number of amides is 3. The molecule has 0 saturated carbocycles. The van der Waals surface area contributed by atoms with Gasteiger partial charge in [-0.3, -0.25) is 4.79 Å². The van der Waals surface area contributed by atoms with Gasteiger partial charge in [0.2, 0.25) is 0 Å². The van der Waals surface area contributed by atoms with E-state index in [9.17, 15) is 9.59 Å². The lowest BCUT2D eigenvalue weighted by Gasteiger charge is -2.35. The summed E-state index contributed by atoms with van der Waals surface area (Å²) in [7, 11) is 3.44. The number of urea groups is 1. The maximum absolute atomic E-state index is 12.1. The van der Waals surface area contributed by atoms with E-state index in [1.165, 1.54) is 11.1 Å². The van der Waals surface area contributed by atoms with E-state index < -0.39 is 0 Å². The van der Waals surface area contributed by atoms with Crippen molar-refractivity contribution in [2.45, 2.75) is 6.92 Å². The molecule has 2 heterocycles. The van der Waals surface area contributed by atoms with Crippen LogP contribution in [0, 0.1) is 6.92 Å².